The van der Waals surface area contributed by atoms with E-state index < -0.39 is 5.97 Å². The van der Waals surface area contributed by atoms with Crippen LogP contribution in [0.15, 0.2) is 50.7 Å². The molecule has 0 radical (unpaired) electrons. The Bertz CT molecular complexity index is 934. The van der Waals surface area contributed by atoms with Crippen molar-refractivity contribution in [2.75, 3.05) is 18.2 Å². The maximum absolute atomic E-state index is 12.1. The molecule has 8 nitrogen and oxygen atoms in total. The van der Waals surface area contributed by atoms with Crippen molar-refractivity contribution in [3.05, 3.63) is 47.9 Å². The molecule has 0 aliphatic heterocycles. The van der Waals surface area contributed by atoms with Crippen LogP contribution in [-0.4, -0.2) is 34.9 Å². The number of carbonyl (C=O) groups is 2. The van der Waals surface area contributed by atoms with Gasteiger partial charge in [-0.1, -0.05) is 23.9 Å². The van der Waals surface area contributed by atoms with Gasteiger partial charge < -0.3 is 18.9 Å². The molecule has 2 heterocycles. The second-order valence-electron chi connectivity index (χ2n) is 5.14. The number of thioether (sulfide) groups is 1. The van der Waals surface area contributed by atoms with Crippen molar-refractivity contribution in [3.63, 3.8) is 0 Å². The minimum atomic E-state index is -0.523. The van der Waals surface area contributed by atoms with Crippen molar-refractivity contribution in [2.45, 2.75) is 12.1 Å². The number of rotatable bonds is 6. The number of carbonyl (C=O) groups excluding carboxylic acids is 2. The minimum absolute atomic E-state index is 0.0432. The van der Waals surface area contributed by atoms with E-state index in [9.17, 15) is 9.59 Å². The molecule has 1 amide bonds. The summed E-state index contributed by atoms with van der Waals surface area (Å²) in [6, 6.07) is 8.34. The first kappa shape index (κ1) is 17.7. The molecule has 3 rings (SSSR count). The topological polar surface area (TPSA) is 107 Å². The summed E-state index contributed by atoms with van der Waals surface area (Å²) in [5, 5.41) is 10.8. The molecule has 1 N–H and O–H groups in total. The summed E-state index contributed by atoms with van der Waals surface area (Å²) in [6.07, 6.45) is 1.54. The Morgan fingerprint density at radius 3 is 2.77 bits per heavy atom. The van der Waals surface area contributed by atoms with E-state index in [1.807, 2.05) is 0 Å². The highest BCUT2D eigenvalue weighted by molar-refractivity contribution is 7.99. The molecular weight excluding hydrogens is 358 g/mol. The van der Waals surface area contributed by atoms with E-state index in [2.05, 4.69) is 15.5 Å². The van der Waals surface area contributed by atoms with Gasteiger partial charge in [-0.3, -0.25) is 4.79 Å². The molecule has 0 spiro atoms. The lowest BCUT2D eigenvalue weighted by Crippen LogP contribution is -2.17. The predicted octanol–water partition coefficient (Wildman–Crippen LogP) is 3.16. The standard InChI is InChI=1S/C17H15N3O5S/c1-10-11(7-8-24-10)15-19-20-17(25-15)26-9-14(21)18-13-6-4-3-5-12(13)16(22)23-2/h3-8H,9H2,1-2H3,(H,18,21). The number of ether oxygens (including phenoxy) is 1. The number of furan rings is 1. The van der Waals surface area contributed by atoms with Crippen LogP contribution in [0, 0.1) is 6.92 Å². The monoisotopic (exact) mass is 373 g/mol. The SMILES string of the molecule is COC(=O)c1ccccc1NC(=O)CSc1nnc(-c2ccoc2C)o1. The van der Waals surface area contributed by atoms with Gasteiger partial charge in [-0.05, 0) is 25.1 Å². The van der Waals surface area contributed by atoms with Crippen molar-refractivity contribution in [3.8, 4) is 11.5 Å². The number of aryl methyl sites for hydroxylation is 1. The zero-order valence-electron chi connectivity index (χ0n) is 14.0. The smallest absolute Gasteiger partial charge is 0.339 e. The largest absolute Gasteiger partial charge is 0.469 e. The third-order valence-corrected chi connectivity index (χ3v) is 4.25. The number of nitrogens with zero attached hydrogens (tertiary/aromatic N) is 2. The van der Waals surface area contributed by atoms with Crippen LogP contribution in [0.1, 0.15) is 16.1 Å². The van der Waals surface area contributed by atoms with Gasteiger partial charge in [0.2, 0.25) is 5.91 Å². The average molecular weight is 373 g/mol. The van der Waals surface area contributed by atoms with Crippen molar-refractivity contribution >= 4 is 29.3 Å². The van der Waals surface area contributed by atoms with E-state index in [1.54, 1.807) is 37.3 Å². The lowest BCUT2D eigenvalue weighted by atomic mass is 10.2. The Balaban J connectivity index is 1.61. The van der Waals surface area contributed by atoms with Crippen LogP contribution in [0.5, 0.6) is 0 Å². The maximum atomic E-state index is 12.1. The van der Waals surface area contributed by atoms with Crippen molar-refractivity contribution in [2.24, 2.45) is 0 Å². The quantitative estimate of drug-likeness (QED) is 0.519. The number of benzene rings is 1. The fourth-order valence-electron chi connectivity index (χ4n) is 2.18. The van der Waals surface area contributed by atoms with Gasteiger partial charge in [0.1, 0.15) is 5.76 Å². The molecule has 0 unspecified atom stereocenters. The minimum Gasteiger partial charge on any atom is -0.469 e. The van der Waals surface area contributed by atoms with Crippen LogP contribution in [0.3, 0.4) is 0 Å². The summed E-state index contributed by atoms with van der Waals surface area (Å²) < 4.78 is 15.4. The Morgan fingerprint density at radius 2 is 2.04 bits per heavy atom. The summed E-state index contributed by atoms with van der Waals surface area (Å²) in [5.74, 6) is 0.204. The second-order valence-corrected chi connectivity index (χ2v) is 6.06. The fraction of sp³-hybridized carbons (Fsp3) is 0.176. The first-order valence-electron chi connectivity index (χ1n) is 7.56. The molecule has 3 aromatic rings. The zero-order valence-corrected chi connectivity index (χ0v) is 14.8. The number of anilines is 1. The molecule has 26 heavy (non-hydrogen) atoms. The molecule has 0 atom stereocenters. The van der Waals surface area contributed by atoms with E-state index in [1.165, 1.54) is 13.4 Å². The molecule has 0 saturated carbocycles. The number of esters is 1. The highest BCUT2D eigenvalue weighted by Gasteiger charge is 2.16. The number of methoxy groups -OCH3 is 1. The molecule has 2 aromatic heterocycles. The van der Waals surface area contributed by atoms with Gasteiger partial charge in [0.05, 0.1) is 35.9 Å². The summed E-state index contributed by atoms with van der Waals surface area (Å²) in [6.45, 7) is 1.79. The number of hydrogen-bond donors (Lipinski definition) is 1. The molecular formula is C17H15N3O5S. The van der Waals surface area contributed by atoms with Crippen LogP contribution in [0.2, 0.25) is 0 Å². The second kappa shape index (κ2) is 7.87. The third kappa shape index (κ3) is 3.94. The number of para-hydroxylation sites is 1. The summed E-state index contributed by atoms with van der Waals surface area (Å²) in [5.41, 5.74) is 1.37. The molecule has 0 aliphatic rings. The number of aromatic nitrogens is 2. The van der Waals surface area contributed by atoms with Crippen molar-refractivity contribution < 1.29 is 23.2 Å². The van der Waals surface area contributed by atoms with Crippen LogP contribution in [0.4, 0.5) is 5.69 Å². The molecule has 9 heteroatoms. The molecule has 134 valence electrons. The number of hydrogen-bond acceptors (Lipinski definition) is 8. The first-order valence-corrected chi connectivity index (χ1v) is 8.55. The maximum Gasteiger partial charge on any atom is 0.339 e. The van der Waals surface area contributed by atoms with Gasteiger partial charge in [-0.15, -0.1) is 10.2 Å². The Morgan fingerprint density at radius 1 is 1.23 bits per heavy atom. The van der Waals surface area contributed by atoms with Gasteiger partial charge in [-0.2, -0.15) is 0 Å². The first-order chi connectivity index (χ1) is 12.6. The van der Waals surface area contributed by atoms with Gasteiger partial charge in [0.25, 0.3) is 11.1 Å². The van der Waals surface area contributed by atoms with E-state index >= 15 is 0 Å². The highest BCUT2D eigenvalue weighted by atomic mass is 32.2. The van der Waals surface area contributed by atoms with Crippen LogP contribution in [-0.2, 0) is 9.53 Å². The van der Waals surface area contributed by atoms with Crippen LogP contribution < -0.4 is 5.32 Å². The van der Waals surface area contributed by atoms with Crippen molar-refractivity contribution in [1.82, 2.24) is 10.2 Å². The lowest BCUT2D eigenvalue weighted by Gasteiger charge is -2.08. The van der Waals surface area contributed by atoms with Gasteiger partial charge >= 0.3 is 5.97 Å². The van der Waals surface area contributed by atoms with Crippen LogP contribution >= 0.6 is 11.8 Å². The molecule has 0 saturated heterocycles. The summed E-state index contributed by atoms with van der Waals surface area (Å²) in [7, 11) is 1.28. The highest BCUT2D eigenvalue weighted by Crippen LogP contribution is 2.26. The van der Waals surface area contributed by atoms with Gasteiger partial charge in [-0.25, -0.2) is 4.79 Å². The Labute approximate surface area is 152 Å². The normalized spacial score (nSPS) is 10.5. The Kier molecular flexibility index (Phi) is 5.37. The van der Waals surface area contributed by atoms with Gasteiger partial charge in [0, 0.05) is 0 Å². The van der Waals surface area contributed by atoms with E-state index in [0.717, 1.165) is 11.8 Å². The molecule has 0 bridgehead atoms. The lowest BCUT2D eigenvalue weighted by molar-refractivity contribution is -0.113. The fourth-order valence-corrected chi connectivity index (χ4v) is 2.74. The third-order valence-electron chi connectivity index (χ3n) is 3.43. The van der Waals surface area contributed by atoms with Gasteiger partial charge in [0.15, 0.2) is 0 Å². The summed E-state index contributed by atoms with van der Waals surface area (Å²) >= 11 is 1.09. The van der Waals surface area contributed by atoms with Crippen LogP contribution in [0.25, 0.3) is 11.5 Å². The Hall–Kier alpha value is -3.07. The van der Waals surface area contributed by atoms with E-state index in [-0.39, 0.29) is 22.4 Å². The molecule has 0 aliphatic carbocycles. The predicted molar refractivity (Wildman–Crippen MR) is 93.9 cm³/mol. The number of amides is 1. The average Bonchev–Trinajstić information content (AvgIpc) is 3.28. The molecule has 0 fully saturated rings. The summed E-state index contributed by atoms with van der Waals surface area (Å²) in [4.78, 5) is 23.9. The number of nitrogens with one attached hydrogen (secondary N) is 1. The zero-order chi connectivity index (χ0) is 18.5. The van der Waals surface area contributed by atoms with E-state index in [4.69, 9.17) is 13.6 Å². The molecule has 1 aromatic carbocycles. The van der Waals surface area contributed by atoms with Crippen molar-refractivity contribution in [1.29, 1.82) is 0 Å². The van der Waals surface area contributed by atoms with E-state index in [0.29, 0.717) is 22.9 Å².